The molecule has 0 spiro atoms. The zero-order valence-electron chi connectivity index (χ0n) is 2.75. The van der Waals surface area contributed by atoms with Crippen LogP contribution in [0.25, 0.3) is 0 Å². The first kappa shape index (κ1) is 16.2. The fourth-order valence-electron chi connectivity index (χ4n) is 0. The molecule has 0 aromatic carbocycles. The average molecular weight is 166 g/mol. The van der Waals surface area contributed by atoms with Gasteiger partial charge in [-0.25, -0.2) is 0 Å². The number of carboxylic acid groups (broad SMARTS) is 2. The van der Waals surface area contributed by atoms with Gasteiger partial charge in [-0.15, -0.1) is 0 Å². The van der Waals surface area contributed by atoms with Crippen molar-refractivity contribution in [3.8, 4) is 0 Å². The molecule has 0 amide bonds. The van der Waals surface area contributed by atoms with Crippen LogP contribution in [0.2, 0.25) is 0 Å². The molecule has 5 heteroatoms. The Morgan fingerprint density at radius 3 is 1.67 bits per heavy atom. The van der Waals surface area contributed by atoms with E-state index in [0.717, 1.165) is 0 Å². The molecule has 0 atom stereocenters. The largest absolute Gasteiger partial charge is 3.00 e. The zero-order valence-corrected chi connectivity index (χ0v) is 5.59. The molecule has 4 nitrogen and oxygen atoms in total. The number of rotatable bonds is 0. The van der Waals surface area contributed by atoms with Gasteiger partial charge in [0.1, 0.15) is 0 Å². The average Bonchev–Trinajstić information content (AvgIpc) is 0.811. The molecule has 0 saturated heterocycles. The Hall–Kier alpha value is 0.334. The van der Waals surface area contributed by atoms with Gasteiger partial charge in [0.25, 0.3) is 0 Å². The molecule has 0 rings (SSSR count). The molecule has 0 fully saturated rings. The van der Waals surface area contributed by atoms with Gasteiger partial charge in [0.15, 0.2) is 0 Å². The van der Waals surface area contributed by atoms with E-state index in [0.29, 0.717) is 0 Å². The summed E-state index contributed by atoms with van der Waals surface area (Å²) in [6.07, 6.45) is -2.08. The van der Waals surface area contributed by atoms with E-state index in [-0.39, 0.29) is 38.2 Å². The predicted octanol–water partition coefficient (Wildman–Crippen LogP) is -1.23. The molecule has 32 valence electrons. The van der Waals surface area contributed by atoms with Crippen LogP contribution < -0.4 is 5.11 Å². The quantitative estimate of drug-likeness (QED) is 0.488. The van der Waals surface area contributed by atoms with E-state index >= 15 is 0 Å². The van der Waals surface area contributed by atoms with Crippen LogP contribution in [0.15, 0.2) is 0 Å². The van der Waals surface area contributed by atoms with E-state index in [1.165, 1.54) is 0 Å². The summed E-state index contributed by atoms with van der Waals surface area (Å²) in [6.45, 7) is 0. The van der Waals surface area contributed by atoms with Gasteiger partial charge >= 0.3 is 32.7 Å². The standard InChI is InChI=1S/CH2O3.O.Y/c2-1(3)4;;/h(H2,2,3,4);;/q;-2;+3/p-1. The smallest absolute Gasteiger partial charge is 2.00 e. The SMILES string of the molecule is O=C([O-])O.[O-2].[Y+3]. The summed E-state index contributed by atoms with van der Waals surface area (Å²) in [5.74, 6) is 0. The Bertz CT molecular complexity index is 30.5. The van der Waals surface area contributed by atoms with E-state index in [2.05, 4.69) is 0 Å². The van der Waals surface area contributed by atoms with E-state index in [9.17, 15) is 0 Å². The molecule has 0 aliphatic heterocycles. The van der Waals surface area contributed by atoms with Crippen LogP contribution in [-0.4, -0.2) is 11.3 Å². The summed E-state index contributed by atoms with van der Waals surface area (Å²) in [4.78, 5) is 8.44. The van der Waals surface area contributed by atoms with Gasteiger partial charge in [-0.2, -0.15) is 0 Å². The Morgan fingerprint density at radius 1 is 1.67 bits per heavy atom. The molecule has 0 unspecified atom stereocenters. The minimum absolute atomic E-state index is 0. The van der Waals surface area contributed by atoms with Gasteiger partial charge < -0.3 is 20.5 Å². The molecule has 0 aromatic heterocycles. The van der Waals surface area contributed by atoms with Crippen molar-refractivity contribution in [2.45, 2.75) is 0 Å². The summed E-state index contributed by atoms with van der Waals surface area (Å²) in [5.41, 5.74) is 0. The fraction of sp³-hybridized carbons (Fsp3) is 0. The third-order valence-corrected chi connectivity index (χ3v) is 0. The molecule has 1 N–H and O–H groups in total. The van der Waals surface area contributed by atoms with E-state index < -0.39 is 6.16 Å². The predicted molar refractivity (Wildman–Crippen MR) is 8.71 cm³/mol. The van der Waals surface area contributed by atoms with E-state index in [1.807, 2.05) is 0 Å². The summed E-state index contributed by atoms with van der Waals surface area (Å²) in [6, 6.07) is 0. The van der Waals surface area contributed by atoms with Crippen molar-refractivity contribution in [1.82, 2.24) is 0 Å². The minimum atomic E-state index is -2.08. The maximum atomic E-state index is 8.44. The Kier molecular flexibility index (Phi) is 24.4. The second kappa shape index (κ2) is 9.01. The first-order valence-corrected chi connectivity index (χ1v) is 0.632. The zero-order chi connectivity index (χ0) is 3.58. The van der Waals surface area contributed by atoms with Crippen molar-refractivity contribution in [3.63, 3.8) is 0 Å². The first-order chi connectivity index (χ1) is 1.73. The van der Waals surface area contributed by atoms with Crippen molar-refractivity contribution < 1.29 is 53.2 Å². The molecular formula is CHO4Y. The maximum Gasteiger partial charge on any atom is 3.00 e. The first-order valence-electron chi connectivity index (χ1n) is 0.632. The molecular weight excluding hydrogens is 165 g/mol. The monoisotopic (exact) mass is 166 g/mol. The van der Waals surface area contributed by atoms with Crippen LogP contribution in [0.4, 0.5) is 4.79 Å². The molecule has 6 heavy (non-hydrogen) atoms. The van der Waals surface area contributed by atoms with Gasteiger partial charge in [0.05, 0.1) is 0 Å². The molecule has 0 radical (unpaired) electrons. The molecule has 0 heterocycles. The molecule has 0 aliphatic rings. The van der Waals surface area contributed by atoms with Gasteiger partial charge in [-0.1, -0.05) is 0 Å². The van der Waals surface area contributed by atoms with Crippen molar-refractivity contribution in [1.29, 1.82) is 0 Å². The van der Waals surface area contributed by atoms with E-state index in [1.54, 1.807) is 0 Å². The summed E-state index contributed by atoms with van der Waals surface area (Å²) >= 11 is 0. The molecule has 0 aliphatic carbocycles. The summed E-state index contributed by atoms with van der Waals surface area (Å²) in [5, 5.41) is 15.3. The molecule has 0 saturated carbocycles. The van der Waals surface area contributed by atoms with Crippen molar-refractivity contribution in [3.05, 3.63) is 0 Å². The Balaban J connectivity index is -0.0000000450. The second-order valence-electron chi connectivity index (χ2n) is 0.266. The van der Waals surface area contributed by atoms with Gasteiger partial charge in [-0.3, -0.25) is 0 Å². The Morgan fingerprint density at radius 2 is 1.67 bits per heavy atom. The number of hydrogen-bond acceptors (Lipinski definition) is 2. The van der Waals surface area contributed by atoms with Gasteiger partial charge in [0, 0.05) is 0 Å². The third kappa shape index (κ3) is 432. The Labute approximate surface area is 59.4 Å². The van der Waals surface area contributed by atoms with Crippen LogP contribution >= 0.6 is 0 Å². The van der Waals surface area contributed by atoms with Crippen LogP contribution in [0.3, 0.4) is 0 Å². The summed E-state index contributed by atoms with van der Waals surface area (Å²) in [7, 11) is 0. The third-order valence-electron chi connectivity index (χ3n) is 0. The van der Waals surface area contributed by atoms with Crippen LogP contribution in [0.5, 0.6) is 0 Å². The van der Waals surface area contributed by atoms with Gasteiger partial charge in [-0.05, 0) is 0 Å². The van der Waals surface area contributed by atoms with Crippen LogP contribution in [0, 0.1) is 0 Å². The van der Waals surface area contributed by atoms with Gasteiger partial charge in [0.2, 0.25) is 6.16 Å². The van der Waals surface area contributed by atoms with Crippen molar-refractivity contribution >= 4 is 6.16 Å². The van der Waals surface area contributed by atoms with Crippen LogP contribution in [0.1, 0.15) is 0 Å². The number of hydrogen-bond donors (Lipinski definition) is 1. The van der Waals surface area contributed by atoms with E-state index in [4.69, 9.17) is 15.0 Å². The summed E-state index contributed by atoms with van der Waals surface area (Å²) < 4.78 is 0. The molecule has 0 aromatic rings. The van der Waals surface area contributed by atoms with Crippen LogP contribution in [-0.2, 0) is 38.2 Å². The fourth-order valence-corrected chi connectivity index (χ4v) is 0. The normalized spacial score (nSPS) is 4.00. The second-order valence-corrected chi connectivity index (χ2v) is 0.266. The minimum Gasteiger partial charge on any atom is -2.00 e. The topological polar surface area (TPSA) is 88.9 Å². The van der Waals surface area contributed by atoms with Crippen molar-refractivity contribution in [2.75, 3.05) is 0 Å². The van der Waals surface area contributed by atoms with Crippen molar-refractivity contribution in [2.24, 2.45) is 0 Å². The molecule has 0 bridgehead atoms. The maximum absolute atomic E-state index is 8.44. The number of carbonyl (C=O) groups is 1.